The zero-order chi connectivity index (χ0) is 15.8. The standard InChI is InChI=1S/C15H25N3O3/c1-10(2)21-14-9-16-8-13(18-14)17-12(4)7-5-6-11(3)15(19)20/h8-12H,5-7H2,1-4H3,(H,17,18)(H,19,20). The van der Waals surface area contributed by atoms with Crippen LogP contribution in [0, 0.1) is 5.92 Å². The Labute approximate surface area is 126 Å². The fourth-order valence-corrected chi connectivity index (χ4v) is 1.89. The van der Waals surface area contributed by atoms with Gasteiger partial charge < -0.3 is 15.2 Å². The number of ether oxygens (including phenoxy) is 1. The maximum Gasteiger partial charge on any atom is 0.306 e. The normalized spacial score (nSPS) is 13.8. The van der Waals surface area contributed by atoms with Crippen LogP contribution in [0.4, 0.5) is 5.82 Å². The van der Waals surface area contributed by atoms with Crippen LogP contribution in [0.3, 0.4) is 0 Å². The van der Waals surface area contributed by atoms with Gasteiger partial charge in [-0.05, 0) is 33.6 Å². The Kier molecular flexibility index (Phi) is 6.91. The van der Waals surface area contributed by atoms with Gasteiger partial charge in [0.15, 0.2) is 0 Å². The van der Waals surface area contributed by atoms with Gasteiger partial charge in [0.05, 0.1) is 24.4 Å². The number of nitrogens with zero attached hydrogens (tertiary/aromatic N) is 2. The van der Waals surface area contributed by atoms with Gasteiger partial charge in [0.25, 0.3) is 0 Å². The zero-order valence-corrected chi connectivity index (χ0v) is 13.2. The first-order valence-electron chi connectivity index (χ1n) is 7.36. The monoisotopic (exact) mass is 295 g/mol. The second-order valence-electron chi connectivity index (χ2n) is 5.62. The maximum atomic E-state index is 10.7. The Morgan fingerprint density at radius 2 is 2.00 bits per heavy atom. The van der Waals surface area contributed by atoms with Crippen LogP contribution in [-0.4, -0.2) is 33.2 Å². The molecule has 0 amide bonds. The number of nitrogens with one attached hydrogen (secondary N) is 1. The Morgan fingerprint density at radius 3 is 2.62 bits per heavy atom. The number of carbonyl (C=O) groups is 1. The van der Waals surface area contributed by atoms with Crippen molar-refractivity contribution in [2.75, 3.05) is 5.32 Å². The molecule has 21 heavy (non-hydrogen) atoms. The molecule has 2 N–H and O–H groups in total. The summed E-state index contributed by atoms with van der Waals surface area (Å²) in [7, 11) is 0. The molecule has 1 heterocycles. The number of rotatable bonds is 9. The zero-order valence-electron chi connectivity index (χ0n) is 13.2. The summed E-state index contributed by atoms with van der Waals surface area (Å²) in [4.78, 5) is 19.2. The van der Waals surface area contributed by atoms with Gasteiger partial charge in [0.2, 0.25) is 5.88 Å². The second-order valence-corrected chi connectivity index (χ2v) is 5.62. The Hall–Kier alpha value is -1.85. The van der Waals surface area contributed by atoms with E-state index in [-0.39, 0.29) is 18.1 Å². The number of carboxylic acid groups (broad SMARTS) is 1. The minimum absolute atomic E-state index is 0.0597. The molecule has 2 atom stereocenters. The lowest BCUT2D eigenvalue weighted by Crippen LogP contribution is -2.18. The molecular formula is C15H25N3O3. The summed E-state index contributed by atoms with van der Waals surface area (Å²) >= 11 is 0. The number of anilines is 1. The summed E-state index contributed by atoms with van der Waals surface area (Å²) < 4.78 is 5.50. The molecule has 0 spiro atoms. The van der Waals surface area contributed by atoms with E-state index in [1.54, 1.807) is 19.3 Å². The smallest absolute Gasteiger partial charge is 0.306 e. The van der Waals surface area contributed by atoms with Gasteiger partial charge >= 0.3 is 5.97 Å². The van der Waals surface area contributed by atoms with Crippen molar-refractivity contribution in [1.29, 1.82) is 0 Å². The predicted molar refractivity (Wildman–Crippen MR) is 81.5 cm³/mol. The van der Waals surface area contributed by atoms with Gasteiger partial charge in [0.1, 0.15) is 5.82 Å². The minimum atomic E-state index is -0.736. The van der Waals surface area contributed by atoms with Crippen molar-refractivity contribution in [3.05, 3.63) is 12.4 Å². The van der Waals surface area contributed by atoms with Crippen molar-refractivity contribution in [3.63, 3.8) is 0 Å². The van der Waals surface area contributed by atoms with E-state index in [1.807, 2.05) is 20.8 Å². The molecule has 6 nitrogen and oxygen atoms in total. The average Bonchev–Trinajstić information content (AvgIpc) is 2.37. The van der Waals surface area contributed by atoms with Crippen LogP contribution in [-0.2, 0) is 4.79 Å². The van der Waals surface area contributed by atoms with Gasteiger partial charge in [0, 0.05) is 6.04 Å². The van der Waals surface area contributed by atoms with Gasteiger partial charge in [-0.2, -0.15) is 4.98 Å². The first kappa shape index (κ1) is 17.2. The van der Waals surface area contributed by atoms with Crippen molar-refractivity contribution in [2.45, 2.75) is 59.1 Å². The molecule has 0 aliphatic heterocycles. The minimum Gasteiger partial charge on any atom is -0.481 e. The molecule has 0 radical (unpaired) electrons. The first-order valence-corrected chi connectivity index (χ1v) is 7.36. The van der Waals surface area contributed by atoms with E-state index in [4.69, 9.17) is 9.84 Å². The van der Waals surface area contributed by atoms with Crippen LogP contribution in [0.15, 0.2) is 12.4 Å². The van der Waals surface area contributed by atoms with Crippen molar-refractivity contribution in [3.8, 4) is 5.88 Å². The van der Waals surface area contributed by atoms with E-state index >= 15 is 0 Å². The van der Waals surface area contributed by atoms with E-state index in [0.29, 0.717) is 18.1 Å². The van der Waals surface area contributed by atoms with E-state index in [1.165, 1.54) is 0 Å². The molecule has 0 aliphatic carbocycles. The van der Waals surface area contributed by atoms with Crippen LogP contribution in [0.2, 0.25) is 0 Å². The summed E-state index contributed by atoms with van der Waals surface area (Å²) in [5.41, 5.74) is 0. The molecule has 0 aromatic carbocycles. The summed E-state index contributed by atoms with van der Waals surface area (Å²) in [6.07, 6.45) is 5.73. The molecule has 6 heteroatoms. The third kappa shape index (κ3) is 6.92. The Balaban J connectivity index is 2.40. The summed E-state index contributed by atoms with van der Waals surface area (Å²) in [5, 5.41) is 12.1. The van der Waals surface area contributed by atoms with E-state index in [2.05, 4.69) is 15.3 Å². The van der Waals surface area contributed by atoms with Gasteiger partial charge in [-0.3, -0.25) is 9.78 Å². The molecule has 118 valence electrons. The maximum absolute atomic E-state index is 10.7. The van der Waals surface area contributed by atoms with Gasteiger partial charge in [-0.15, -0.1) is 0 Å². The summed E-state index contributed by atoms with van der Waals surface area (Å²) in [5.74, 6) is 0.147. The average molecular weight is 295 g/mol. The number of aliphatic carboxylic acids is 1. The highest BCUT2D eigenvalue weighted by atomic mass is 16.5. The Morgan fingerprint density at radius 1 is 1.29 bits per heavy atom. The van der Waals surface area contributed by atoms with E-state index < -0.39 is 5.97 Å². The largest absolute Gasteiger partial charge is 0.481 e. The predicted octanol–water partition coefficient (Wildman–Crippen LogP) is 2.96. The lowest BCUT2D eigenvalue weighted by molar-refractivity contribution is -0.141. The van der Waals surface area contributed by atoms with Crippen molar-refractivity contribution < 1.29 is 14.6 Å². The highest BCUT2D eigenvalue weighted by molar-refractivity contribution is 5.69. The van der Waals surface area contributed by atoms with Crippen LogP contribution in [0.1, 0.15) is 47.0 Å². The lowest BCUT2D eigenvalue weighted by atomic mass is 10.0. The number of carboxylic acids is 1. The second kappa shape index (κ2) is 8.44. The molecular weight excluding hydrogens is 270 g/mol. The van der Waals surface area contributed by atoms with Crippen molar-refractivity contribution >= 4 is 11.8 Å². The van der Waals surface area contributed by atoms with Crippen LogP contribution >= 0.6 is 0 Å². The van der Waals surface area contributed by atoms with Gasteiger partial charge in [-0.1, -0.05) is 13.3 Å². The molecule has 0 bridgehead atoms. The molecule has 0 fully saturated rings. The quantitative estimate of drug-likeness (QED) is 0.728. The molecule has 0 aliphatic rings. The van der Waals surface area contributed by atoms with Crippen molar-refractivity contribution in [1.82, 2.24) is 9.97 Å². The number of hydrogen-bond acceptors (Lipinski definition) is 5. The summed E-state index contributed by atoms with van der Waals surface area (Å²) in [6.45, 7) is 7.66. The topological polar surface area (TPSA) is 84.3 Å². The molecule has 1 rings (SSSR count). The van der Waals surface area contributed by atoms with E-state index in [0.717, 1.165) is 12.8 Å². The molecule has 2 unspecified atom stereocenters. The van der Waals surface area contributed by atoms with Crippen LogP contribution in [0.25, 0.3) is 0 Å². The fraction of sp³-hybridized carbons (Fsp3) is 0.667. The highest BCUT2D eigenvalue weighted by Crippen LogP contribution is 2.14. The summed E-state index contributed by atoms with van der Waals surface area (Å²) in [6, 6.07) is 0.203. The third-order valence-corrected chi connectivity index (χ3v) is 3.06. The molecule has 0 saturated heterocycles. The van der Waals surface area contributed by atoms with Crippen LogP contribution in [0.5, 0.6) is 5.88 Å². The van der Waals surface area contributed by atoms with Crippen LogP contribution < -0.4 is 10.1 Å². The van der Waals surface area contributed by atoms with Gasteiger partial charge in [-0.25, -0.2) is 0 Å². The SMILES string of the molecule is CC(CCCC(C)C(=O)O)Nc1cncc(OC(C)C)n1. The highest BCUT2D eigenvalue weighted by Gasteiger charge is 2.11. The third-order valence-electron chi connectivity index (χ3n) is 3.06. The first-order chi connectivity index (χ1) is 9.88. The van der Waals surface area contributed by atoms with E-state index in [9.17, 15) is 4.79 Å². The fourth-order valence-electron chi connectivity index (χ4n) is 1.89. The van der Waals surface area contributed by atoms with Crippen molar-refractivity contribution in [2.24, 2.45) is 5.92 Å². The number of aromatic nitrogens is 2. The molecule has 0 saturated carbocycles. The Bertz CT molecular complexity index is 452. The lowest BCUT2D eigenvalue weighted by Gasteiger charge is -2.16. The molecule has 1 aromatic heterocycles. The molecule has 1 aromatic rings. The number of hydrogen-bond donors (Lipinski definition) is 2.